The molecule has 2 rings (SSSR count). The number of thiazole rings is 1. The van der Waals surface area contributed by atoms with Crippen LogP contribution in [0.15, 0.2) is 10.4 Å². The molecule has 2 N–H and O–H groups in total. The first-order chi connectivity index (χ1) is 11.1. The van der Waals surface area contributed by atoms with Crippen molar-refractivity contribution in [3.63, 3.8) is 0 Å². The molecule has 1 aliphatic rings. The minimum Gasteiger partial charge on any atom is -0.357 e. The molecule has 0 atom stereocenters. The second-order valence-corrected chi connectivity index (χ2v) is 7.46. The molecule has 1 aliphatic carbocycles. The lowest BCUT2D eigenvalue weighted by Crippen LogP contribution is -2.42. The number of aromatic nitrogens is 1. The van der Waals surface area contributed by atoms with Gasteiger partial charge in [-0.1, -0.05) is 19.8 Å². The van der Waals surface area contributed by atoms with Crippen LogP contribution in [-0.2, 0) is 6.54 Å². The molecule has 1 fully saturated rings. The van der Waals surface area contributed by atoms with Crippen molar-refractivity contribution in [3.8, 4) is 0 Å². The van der Waals surface area contributed by atoms with Crippen LogP contribution >= 0.6 is 35.3 Å². The van der Waals surface area contributed by atoms with Gasteiger partial charge in [-0.3, -0.25) is 0 Å². The number of aliphatic imine (C=N–C) groups is 1. The maximum absolute atomic E-state index is 4.70. The Labute approximate surface area is 167 Å². The average molecular weight is 465 g/mol. The average Bonchev–Trinajstić information content (AvgIpc) is 3.20. The standard InChI is InChI=1S/C17H31N5S.HI/c1-5-17(9-7-8-10-17)13-20-15(18-6-2)19-11-14-12-23-16(21-14)22(3)4;/h12H,5-11,13H2,1-4H3,(H2,18,19,20);1H. The molecule has 24 heavy (non-hydrogen) atoms. The number of hydrogen-bond acceptors (Lipinski definition) is 4. The van der Waals surface area contributed by atoms with E-state index in [4.69, 9.17) is 4.99 Å². The summed E-state index contributed by atoms with van der Waals surface area (Å²) < 4.78 is 0. The second kappa shape index (κ2) is 10.4. The third-order valence-corrected chi connectivity index (χ3v) is 5.77. The van der Waals surface area contributed by atoms with Crippen molar-refractivity contribution in [1.82, 2.24) is 15.6 Å². The van der Waals surface area contributed by atoms with Crippen molar-refractivity contribution in [2.24, 2.45) is 10.4 Å². The zero-order valence-electron chi connectivity index (χ0n) is 15.4. The Kier molecular flexibility index (Phi) is 9.33. The van der Waals surface area contributed by atoms with Gasteiger partial charge in [-0.2, -0.15) is 0 Å². The molecule has 0 unspecified atom stereocenters. The fourth-order valence-corrected chi connectivity index (χ4v) is 3.88. The summed E-state index contributed by atoms with van der Waals surface area (Å²) in [5.74, 6) is 0.909. The summed E-state index contributed by atoms with van der Waals surface area (Å²) in [6, 6.07) is 0. The molecule has 0 amide bonds. The monoisotopic (exact) mass is 465 g/mol. The molecule has 0 aromatic carbocycles. The van der Waals surface area contributed by atoms with E-state index < -0.39 is 0 Å². The van der Waals surface area contributed by atoms with Crippen molar-refractivity contribution in [2.45, 2.75) is 52.5 Å². The molecule has 1 heterocycles. The van der Waals surface area contributed by atoms with E-state index in [1.165, 1.54) is 32.1 Å². The predicted octanol–water partition coefficient (Wildman–Crippen LogP) is 3.85. The van der Waals surface area contributed by atoms with E-state index in [2.05, 4.69) is 34.8 Å². The van der Waals surface area contributed by atoms with E-state index >= 15 is 0 Å². The van der Waals surface area contributed by atoms with Crippen LogP contribution < -0.4 is 15.5 Å². The van der Waals surface area contributed by atoms with Gasteiger partial charge in [0.05, 0.1) is 12.2 Å². The highest BCUT2D eigenvalue weighted by molar-refractivity contribution is 14.0. The van der Waals surface area contributed by atoms with Crippen LogP contribution in [0.4, 0.5) is 5.13 Å². The molecule has 0 radical (unpaired) electrons. The lowest BCUT2D eigenvalue weighted by molar-refractivity contribution is 0.283. The summed E-state index contributed by atoms with van der Waals surface area (Å²) in [5.41, 5.74) is 1.50. The van der Waals surface area contributed by atoms with Crippen LogP contribution in [0.2, 0.25) is 0 Å². The summed E-state index contributed by atoms with van der Waals surface area (Å²) in [4.78, 5) is 11.3. The summed E-state index contributed by atoms with van der Waals surface area (Å²) in [6.45, 7) is 6.95. The molecule has 0 bridgehead atoms. The Hall–Kier alpha value is -0.570. The van der Waals surface area contributed by atoms with Crippen molar-refractivity contribution >= 4 is 46.4 Å². The van der Waals surface area contributed by atoms with Crippen LogP contribution in [0.25, 0.3) is 0 Å². The molecule has 5 nitrogen and oxygen atoms in total. The highest BCUT2D eigenvalue weighted by Gasteiger charge is 2.31. The van der Waals surface area contributed by atoms with E-state index in [1.807, 2.05) is 19.0 Å². The fraction of sp³-hybridized carbons (Fsp3) is 0.765. The van der Waals surface area contributed by atoms with E-state index in [0.29, 0.717) is 12.0 Å². The zero-order valence-corrected chi connectivity index (χ0v) is 18.5. The van der Waals surface area contributed by atoms with Gasteiger partial charge >= 0.3 is 0 Å². The summed E-state index contributed by atoms with van der Waals surface area (Å²) in [7, 11) is 4.03. The minimum atomic E-state index is 0. The van der Waals surface area contributed by atoms with Crippen LogP contribution in [0.1, 0.15) is 51.6 Å². The van der Waals surface area contributed by atoms with E-state index in [-0.39, 0.29) is 24.0 Å². The maximum atomic E-state index is 4.70. The lowest BCUT2D eigenvalue weighted by atomic mass is 9.83. The Morgan fingerprint density at radius 1 is 1.29 bits per heavy atom. The maximum Gasteiger partial charge on any atom is 0.191 e. The minimum absolute atomic E-state index is 0. The van der Waals surface area contributed by atoms with Gasteiger partial charge in [-0.15, -0.1) is 35.3 Å². The van der Waals surface area contributed by atoms with Gasteiger partial charge in [-0.05, 0) is 31.6 Å². The van der Waals surface area contributed by atoms with Gasteiger partial charge < -0.3 is 15.5 Å². The molecule has 1 aromatic rings. The molecule has 138 valence electrons. The Balaban J connectivity index is 0.00000288. The number of hydrogen-bond donors (Lipinski definition) is 2. The molecule has 0 aliphatic heterocycles. The van der Waals surface area contributed by atoms with E-state index in [9.17, 15) is 0 Å². The summed E-state index contributed by atoms with van der Waals surface area (Å²) in [6.07, 6.45) is 6.67. The topological polar surface area (TPSA) is 52.6 Å². The second-order valence-electron chi connectivity index (χ2n) is 6.63. The smallest absolute Gasteiger partial charge is 0.191 e. The molecule has 7 heteroatoms. The van der Waals surface area contributed by atoms with Gasteiger partial charge in [0.25, 0.3) is 0 Å². The van der Waals surface area contributed by atoms with E-state index in [1.54, 1.807) is 11.3 Å². The quantitative estimate of drug-likeness (QED) is 0.365. The first-order valence-corrected chi connectivity index (χ1v) is 9.60. The third-order valence-electron chi connectivity index (χ3n) is 4.71. The summed E-state index contributed by atoms with van der Waals surface area (Å²) in [5, 5.41) is 10.0. The highest BCUT2D eigenvalue weighted by Crippen LogP contribution is 2.40. The van der Waals surface area contributed by atoms with Gasteiger partial charge in [0.1, 0.15) is 0 Å². The molecular formula is C17H32IN5S. The Bertz CT molecular complexity index is 509. The number of rotatable bonds is 7. The van der Waals surface area contributed by atoms with Gasteiger partial charge in [-0.25, -0.2) is 9.98 Å². The van der Waals surface area contributed by atoms with Crippen molar-refractivity contribution in [3.05, 3.63) is 11.1 Å². The third kappa shape index (κ3) is 6.06. The lowest BCUT2D eigenvalue weighted by Gasteiger charge is -2.28. The van der Waals surface area contributed by atoms with Gasteiger partial charge in [0.2, 0.25) is 0 Å². The molecule has 0 saturated heterocycles. The van der Waals surface area contributed by atoms with Crippen LogP contribution in [0, 0.1) is 5.41 Å². The van der Waals surface area contributed by atoms with Crippen molar-refractivity contribution in [2.75, 3.05) is 32.1 Å². The fourth-order valence-electron chi connectivity index (χ4n) is 3.13. The van der Waals surface area contributed by atoms with E-state index in [0.717, 1.165) is 29.9 Å². The number of anilines is 1. The first-order valence-electron chi connectivity index (χ1n) is 8.72. The normalized spacial score (nSPS) is 16.6. The van der Waals surface area contributed by atoms with Gasteiger partial charge in [0, 0.05) is 32.6 Å². The highest BCUT2D eigenvalue weighted by atomic mass is 127. The number of halogens is 1. The van der Waals surface area contributed by atoms with Crippen LogP contribution in [0.5, 0.6) is 0 Å². The van der Waals surface area contributed by atoms with Crippen LogP contribution in [0.3, 0.4) is 0 Å². The predicted molar refractivity (Wildman–Crippen MR) is 116 cm³/mol. The zero-order chi connectivity index (χ0) is 16.7. The van der Waals surface area contributed by atoms with Crippen molar-refractivity contribution < 1.29 is 0 Å². The largest absolute Gasteiger partial charge is 0.357 e. The van der Waals surface area contributed by atoms with Crippen LogP contribution in [-0.4, -0.2) is 38.1 Å². The molecular weight excluding hydrogens is 433 g/mol. The van der Waals surface area contributed by atoms with Crippen molar-refractivity contribution in [1.29, 1.82) is 0 Å². The van der Waals surface area contributed by atoms with Gasteiger partial charge in [0.15, 0.2) is 11.1 Å². The first kappa shape index (κ1) is 21.5. The summed E-state index contributed by atoms with van der Waals surface area (Å²) >= 11 is 1.66. The number of guanidine groups is 1. The Morgan fingerprint density at radius 3 is 2.54 bits per heavy atom. The SMILES string of the molecule is CCNC(=NCc1csc(N(C)C)n1)NCC1(CC)CCCC1.I. The molecule has 0 spiro atoms. The molecule has 1 aromatic heterocycles. The molecule has 1 saturated carbocycles. The number of nitrogens with one attached hydrogen (secondary N) is 2. The Morgan fingerprint density at radius 2 is 2.00 bits per heavy atom. The number of nitrogens with zero attached hydrogens (tertiary/aromatic N) is 3.